The zero-order chi connectivity index (χ0) is 12.8. The second kappa shape index (κ2) is 6.46. The van der Waals surface area contributed by atoms with Gasteiger partial charge in [0.15, 0.2) is 0 Å². The third-order valence-corrected chi connectivity index (χ3v) is 3.99. The molecule has 0 N–H and O–H groups in total. The first-order chi connectivity index (χ1) is 8.83. The summed E-state index contributed by atoms with van der Waals surface area (Å²) >= 11 is 1.43. The number of carbonyl (C=O) groups excluding carboxylic acids is 1. The van der Waals surface area contributed by atoms with E-state index in [0.29, 0.717) is 5.75 Å². The molecule has 1 fully saturated rings. The molecular formula is C14H16N2OS. The Bertz CT molecular complexity index is 461. The zero-order valence-corrected chi connectivity index (χ0v) is 11.1. The number of amides is 1. The van der Waals surface area contributed by atoms with Gasteiger partial charge in [-0.15, -0.1) is 11.8 Å². The normalized spacial score (nSPS) is 15.2. The molecule has 3 nitrogen and oxygen atoms in total. The molecule has 1 aliphatic rings. The monoisotopic (exact) mass is 260 g/mol. The Labute approximate surface area is 112 Å². The molecule has 0 aliphatic carbocycles. The highest BCUT2D eigenvalue weighted by Gasteiger charge is 2.20. The summed E-state index contributed by atoms with van der Waals surface area (Å²) in [6.45, 7) is 1.71. The quantitative estimate of drug-likeness (QED) is 0.785. The van der Waals surface area contributed by atoms with Gasteiger partial charge in [0.1, 0.15) is 0 Å². The van der Waals surface area contributed by atoms with E-state index in [1.54, 1.807) is 0 Å². The van der Waals surface area contributed by atoms with Crippen LogP contribution in [0.4, 0.5) is 0 Å². The van der Waals surface area contributed by atoms with E-state index in [0.717, 1.165) is 36.4 Å². The lowest BCUT2D eigenvalue weighted by Crippen LogP contribution is -2.35. The number of nitrogens with zero attached hydrogens (tertiary/aromatic N) is 2. The van der Waals surface area contributed by atoms with E-state index >= 15 is 0 Å². The van der Waals surface area contributed by atoms with Gasteiger partial charge in [-0.25, -0.2) is 0 Å². The van der Waals surface area contributed by atoms with Gasteiger partial charge >= 0.3 is 0 Å². The summed E-state index contributed by atoms with van der Waals surface area (Å²) < 4.78 is 0. The van der Waals surface area contributed by atoms with E-state index < -0.39 is 0 Å². The summed E-state index contributed by atoms with van der Waals surface area (Å²) in [7, 11) is 0. The lowest BCUT2D eigenvalue weighted by Gasteiger charge is -2.27. The predicted octanol–water partition coefficient (Wildman–Crippen LogP) is 2.93. The maximum atomic E-state index is 12.4. The Balaban J connectivity index is 2.15. The van der Waals surface area contributed by atoms with Gasteiger partial charge in [-0.1, -0.05) is 12.1 Å². The molecule has 1 aromatic rings. The molecule has 1 aromatic carbocycles. The molecule has 0 unspecified atom stereocenters. The van der Waals surface area contributed by atoms with Crippen LogP contribution in [0.5, 0.6) is 0 Å². The van der Waals surface area contributed by atoms with Crippen LogP contribution in [-0.2, 0) is 0 Å². The molecule has 0 atom stereocenters. The van der Waals surface area contributed by atoms with Gasteiger partial charge < -0.3 is 4.90 Å². The van der Waals surface area contributed by atoms with E-state index in [4.69, 9.17) is 5.26 Å². The van der Waals surface area contributed by atoms with Crippen LogP contribution in [0, 0.1) is 11.3 Å². The lowest BCUT2D eigenvalue weighted by atomic mass is 10.1. The fourth-order valence-corrected chi connectivity index (χ4v) is 2.85. The molecule has 0 saturated carbocycles. The molecule has 4 heteroatoms. The van der Waals surface area contributed by atoms with Crippen molar-refractivity contribution in [2.45, 2.75) is 24.2 Å². The van der Waals surface area contributed by atoms with Crippen molar-refractivity contribution in [3.63, 3.8) is 0 Å². The van der Waals surface area contributed by atoms with Crippen molar-refractivity contribution < 1.29 is 4.79 Å². The van der Waals surface area contributed by atoms with Crippen molar-refractivity contribution in [1.82, 2.24) is 4.90 Å². The minimum Gasteiger partial charge on any atom is -0.339 e. The zero-order valence-electron chi connectivity index (χ0n) is 10.3. The van der Waals surface area contributed by atoms with Crippen molar-refractivity contribution in [1.29, 1.82) is 5.26 Å². The molecule has 1 aliphatic heterocycles. The highest BCUT2D eigenvalue weighted by molar-refractivity contribution is 7.99. The molecule has 18 heavy (non-hydrogen) atoms. The average Bonchev–Trinajstić information content (AvgIpc) is 2.45. The largest absolute Gasteiger partial charge is 0.339 e. The van der Waals surface area contributed by atoms with E-state index in [1.807, 2.05) is 29.2 Å². The molecule has 0 spiro atoms. The number of hydrogen-bond donors (Lipinski definition) is 0. The molecule has 94 valence electrons. The fourth-order valence-electron chi connectivity index (χ4n) is 2.15. The highest BCUT2D eigenvalue weighted by atomic mass is 32.2. The van der Waals surface area contributed by atoms with E-state index in [9.17, 15) is 4.79 Å². The Morgan fingerprint density at radius 2 is 2.00 bits per heavy atom. The van der Waals surface area contributed by atoms with Gasteiger partial charge in [-0.3, -0.25) is 4.79 Å². The number of piperidine rings is 1. The summed E-state index contributed by atoms with van der Waals surface area (Å²) in [6.07, 6.45) is 3.41. The molecular weight excluding hydrogens is 244 g/mol. The molecule has 0 bridgehead atoms. The second-order valence-electron chi connectivity index (χ2n) is 4.30. The number of benzene rings is 1. The van der Waals surface area contributed by atoms with Crippen molar-refractivity contribution in [3.05, 3.63) is 29.8 Å². The number of nitriles is 1. The van der Waals surface area contributed by atoms with Crippen molar-refractivity contribution >= 4 is 17.7 Å². The van der Waals surface area contributed by atoms with Crippen molar-refractivity contribution in [2.24, 2.45) is 0 Å². The first kappa shape index (κ1) is 13.0. The number of likely N-dealkylation sites (tertiary alicyclic amines) is 1. The van der Waals surface area contributed by atoms with Gasteiger partial charge in [0, 0.05) is 18.0 Å². The number of thioether (sulfide) groups is 1. The van der Waals surface area contributed by atoms with Crippen LogP contribution in [0.25, 0.3) is 0 Å². The molecule has 0 aromatic heterocycles. The average molecular weight is 260 g/mol. The molecule has 1 heterocycles. The number of carbonyl (C=O) groups is 1. The van der Waals surface area contributed by atoms with Gasteiger partial charge in [0.05, 0.1) is 17.4 Å². The maximum absolute atomic E-state index is 12.4. The van der Waals surface area contributed by atoms with Gasteiger partial charge in [0.2, 0.25) is 0 Å². The topological polar surface area (TPSA) is 44.1 Å². The summed E-state index contributed by atoms with van der Waals surface area (Å²) in [5, 5.41) is 8.64. The van der Waals surface area contributed by atoms with Gasteiger partial charge in [-0.2, -0.15) is 5.26 Å². The van der Waals surface area contributed by atoms with Crippen LogP contribution >= 0.6 is 11.8 Å². The minimum atomic E-state index is 0.107. The Hall–Kier alpha value is -1.47. The fraction of sp³-hybridized carbons (Fsp3) is 0.429. The minimum absolute atomic E-state index is 0.107. The maximum Gasteiger partial charge on any atom is 0.254 e. The summed E-state index contributed by atoms with van der Waals surface area (Å²) in [4.78, 5) is 15.3. The van der Waals surface area contributed by atoms with Gasteiger partial charge in [-0.05, 0) is 31.4 Å². The Morgan fingerprint density at radius 3 is 2.72 bits per heavy atom. The van der Waals surface area contributed by atoms with Crippen molar-refractivity contribution in [2.75, 3.05) is 18.8 Å². The second-order valence-corrected chi connectivity index (χ2v) is 5.31. The summed E-state index contributed by atoms with van der Waals surface area (Å²) in [5.74, 6) is 0.486. The predicted molar refractivity (Wildman–Crippen MR) is 72.5 cm³/mol. The smallest absolute Gasteiger partial charge is 0.254 e. The highest BCUT2D eigenvalue weighted by Crippen LogP contribution is 2.24. The molecule has 1 amide bonds. The Kier molecular flexibility index (Phi) is 4.66. The van der Waals surface area contributed by atoms with E-state index in [2.05, 4.69) is 6.07 Å². The van der Waals surface area contributed by atoms with Crippen LogP contribution in [0.15, 0.2) is 29.2 Å². The van der Waals surface area contributed by atoms with Crippen LogP contribution in [0.2, 0.25) is 0 Å². The molecule has 0 radical (unpaired) electrons. The third kappa shape index (κ3) is 3.05. The van der Waals surface area contributed by atoms with Crippen molar-refractivity contribution in [3.8, 4) is 6.07 Å². The number of rotatable bonds is 3. The molecule has 1 saturated heterocycles. The van der Waals surface area contributed by atoms with Crippen LogP contribution in [-0.4, -0.2) is 29.6 Å². The Morgan fingerprint density at radius 1 is 1.28 bits per heavy atom. The SMILES string of the molecule is N#CCSc1ccccc1C(=O)N1CCCCC1. The lowest BCUT2D eigenvalue weighted by molar-refractivity contribution is 0.0721. The van der Waals surface area contributed by atoms with Crippen LogP contribution < -0.4 is 0 Å². The summed E-state index contributed by atoms with van der Waals surface area (Å²) in [5.41, 5.74) is 0.736. The first-order valence-corrected chi connectivity index (χ1v) is 7.19. The first-order valence-electron chi connectivity index (χ1n) is 6.21. The summed E-state index contributed by atoms with van der Waals surface area (Å²) in [6, 6.07) is 9.67. The van der Waals surface area contributed by atoms with E-state index in [-0.39, 0.29) is 5.91 Å². The van der Waals surface area contributed by atoms with Crippen LogP contribution in [0.1, 0.15) is 29.6 Å². The number of hydrogen-bond acceptors (Lipinski definition) is 3. The van der Waals surface area contributed by atoms with E-state index in [1.165, 1.54) is 18.2 Å². The third-order valence-electron chi connectivity index (χ3n) is 3.05. The van der Waals surface area contributed by atoms with Crippen LogP contribution in [0.3, 0.4) is 0 Å². The van der Waals surface area contributed by atoms with Gasteiger partial charge in [0.25, 0.3) is 5.91 Å². The molecule has 2 rings (SSSR count). The standard InChI is InChI=1S/C14H16N2OS/c15-8-11-18-13-7-3-2-6-12(13)14(17)16-9-4-1-5-10-16/h2-3,6-7H,1,4-5,9-11H2.